The average Bonchev–Trinajstić information content (AvgIpc) is 2.53. The van der Waals surface area contributed by atoms with Crippen molar-refractivity contribution in [2.24, 2.45) is 0 Å². The van der Waals surface area contributed by atoms with Gasteiger partial charge in [0.1, 0.15) is 0 Å². The molecule has 0 bridgehead atoms. The predicted octanol–water partition coefficient (Wildman–Crippen LogP) is 2.11. The van der Waals surface area contributed by atoms with Crippen molar-refractivity contribution in [2.75, 3.05) is 18.1 Å². The Balaban J connectivity index is 1.72. The normalized spacial score (nSPS) is 11.9. The molecule has 0 spiro atoms. The minimum atomic E-state index is -1.09. The molecule has 2 rings (SSSR count). The fourth-order valence-electron chi connectivity index (χ4n) is 1.91. The van der Waals surface area contributed by atoms with Gasteiger partial charge < -0.3 is 5.32 Å². The molecular weight excluding hydrogens is 330 g/mol. The van der Waals surface area contributed by atoms with Gasteiger partial charge in [-0.25, -0.2) is 9.97 Å². The number of thioether (sulfide) groups is 1. The van der Waals surface area contributed by atoms with Crippen molar-refractivity contribution >= 4 is 28.5 Å². The molecule has 0 unspecified atom stereocenters. The van der Waals surface area contributed by atoms with Gasteiger partial charge in [-0.1, -0.05) is 30.0 Å². The molecule has 1 atom stereocenters. The lowest BCUT2D eigenvalue weighted by Crippen LogP contribution is -2.29. The molecular formula is C16H19N3O2S2. The number of aryl methyl sites for hydroxylation is 2. The van der Waals surface area contributed by atoms with E-state index >= 15 is 0 Å². The summed E-state index contributed by atoms with van der Waals surface area (Å²) in [5.74, 6) is 0.546. The lowest BCUT2D eigenvalue weighted by Gasteiger charge is -2.06. The van der Waals surface area contributed by atoms with Gasteiger partial charge in [0.2, 0.25) is 5.91 Å². The Hall–Kier alpha value is -1.73. The second kappa shape index (κ2) is 8.79. The van der Waals surface area contributed by atoms with Crippen LogP contribution in [0.15, 0.2) is 46.5 Å². The summed E-state index contributed by atoms with van der Waals surface area (Å²) in [6.07, 6.45) is 0. The number of aromatic nitrogens is 2. The van der Waals surface area contributed by atoms with Crippen molar-refractivity contribution < 1.29 is 9.00 Å². The number of nitrogens with zero attached hydrogens (tertiary/aromatic N) is 2. The Kier molecular flexibility index (Phi) is 6.73. The predicted molar refractivity (Wildman–Crippen MR) is 93.0 cm³/mol. The van der Waals surface area contributed by atoms with Gasteiger partial charge in [-0.15, -0.1) is 0 Å². The van der Waals surface area contributed by atoms with Gasteiger partial charge in [-0.05, 0) is 32.0 Å². The van der Waals surface area contributed by atoms with Crippen molar-refractivity contribution in [2.45, 2.75) is 23.9 Å². The number of carbonyl (C=O) groups is 1. The molecule has 0 aliphatic carbocycles. The first-order chi connectivity index (χ1) is 11.0. The lowest BCUT2D eigenvalue weighted by atomic mass is 10.4. The summed E-state index contributed by atoms with van der Waals surface area (Å²) in [4.78, 5) is 21.2. The van der Waals surface area contributed by atoms with E-state index in [-0.39, 0.29) is 11.7 Å². The SMILES string of the molecule is Cc1cc(C)nc(SCC(=O)NCC[S@@](=O)c2ccccc2)n1. The van der Waals surface area contributed by atoms with Crippen LogP contribution in [-0.2, 0) is 15.6 Å². The summed E-state index contributed by atoms with van der Waals surface area (Å²) in [7, 11) is -1.09. The van der Waals surface area contributed by atoms with Gasteiger partial charge >= 0.3 is 0 Å². The third-order valence-electron chi connectivity index (χ3n) is 2.91. The zero-order chi connectivity index (χ0) is 16.7. The highest BCUT2D eigenvalue weighted by Gasteiger charge is 2.07. The summed E-state index contributed by atoms with van der Waals surface area (Å²) < 4.78 is 12.0. The molecule has 5 nitrogen and oxygen atoms in total. The van der Waals surface area contributed by atoms with Crippen LogP contribution in [0, 0.1) is 13.8 Å². The summed E-state index contributed by atoms with van der Waals surface area (Å²) in [6, 6.07) is 11.1. The van der Waals surface area contributed by atoms with Gasteiger partial charge in [0.05, 0.1) is 16.6 Å². The van der Waals surface area contributed by atoms with Crippen molar-refractivity contribution in [1.82, 2.24) is 15.3 Å². The fraction of sp³-hybridized carbons (Fsp3) is 0.312. The molecule has 7 heteroatoms. The molecule has 0 radical (unpaired) electrons. The first kappa shape index (κ1) is 17.6. The summed E-state index contributed by atoms with van der Waals surface area (Å²) in [6.45, 7) is 4.18. The second-order valence-electron chi connectivity index (χ2n) is 4.93. The second-order valence-corrected chi connectivity index (χ2v) is 7.45. The van der Waals surface area contributed by atoms with Crippen LogP contribution < -0.4 is 5.32 Å². The van der Waals surface area contributed by atoms with E-state index in [1.54, 1.807) is 0 Å². The molecule has 1 N–H and O–H groups in total. The van der Waals surface area contributed by atoms with Crippen molar-refractivity contribution in [3.8, 4) is 0 Å². The van der Waals surface area contributed by atoms with E-state index in [2.05, 4.69) is 15.3 Å². The fourth-order valence-corrected chi connectivity index (χ4v) is 3.68. The maximum absolute atomic E-state index is 12.0. The van der Waals surface area contributed by atoms with E-state index in [4.69, 9.17) is 0 Å². The Morgan fingerprint density at radius 2 is 1.83 bits per heavy atom. The van der Waals surface area contributed by atoms with Crippen LogP contribution in [0.1, 0.15) is 11.4 Å². The van der Waals surface area contributed by atoms with Gasteiger partial charge in [0, 0.05) is 28.6 Å². The quantitative estimate of drug-likeness (QED) is 0.612. The van der Waals surface area contributed by atoms with E-state index in [1.807, 2.05) is 50.2 Å². The molecule has 0 aliphatic heterocycles. The number of nitrogens with one attached hydrogen (secondary N) is 1. The summed E-state index contributed by atoms with van der Waals surface area (Å²) in [5, 5.41) is 3.38. The van der Waals surface area contributed by atoms with Crippen molar-refractivity contribution in [3.63, 3.8) is 0 Å². The molecule has 2 aromatic rings. The third-order valence-corrected chi connectivity index (χ3v) is 5.13. The largest absolute Gasteiger partial charge is 0.354 e. The lowest BCUT2D eigenvalue weighted by molar-refractivity contribution is -0.118. The Morgan fingerprint density at radius 3 is 2.48 bits per heavy atom. The van der Waals surface area contributed by atoms with Crippen LogP contribution in [0.5, 0.6) is 0 Å². The van der Waals surface area contributed by atoms with Crippen LogP contribution in [-0.4, -0.2) is 38.1 Å². The molecule has 0 aliphatic rings. The number of hydrogen-bond acceptors (Lipinski definition) is 5. The minimum Gasteiger partial charge on any atom is -0.354 e. The smallest absolute Gasteiger partial charge is 0.230 e. The number of hydrogen-bond donors (Lipinski definition) is 1. The summed E-state index contributed by atoms with van der Waals surface area (Å²) in [5.41, 5.74) is 1.78. The highest BCUT2D eigenvalue weighted by atomic mass is 32.2. The zero-order valence-corrected chi connectivity index (χ0v) is 14.7. The number of carbonyl (C=O) groups excluding carboxylic acids is 1. The Labute approximate surface area is 142 Å². The van der Waals surface area contributed by atoms with Crippen LogP contribution >= 0.6 is 11.8 Å². The topological polar surface area (TPSA) is 72.0 Å². The molecule has 1 aromatic carbocycles. The van der Waals surface area contributed by atoms with Crippen LogP contribution in [0.4, 0.5) is 0 Å². The van der Waals surface area contributed by atoms with E-state index < -0.39 is 10.8 Å². The standard InChI is InChI=1S/C16H19N3O2S2/c1-12-10-13(2)19-16(18-12)22-11-15(20)17-8-9-23(21)14-6-4-3-5-7-14/h3-7,10H,8-9,11H2,1-2H3,(H,17,20)/t23-/m1/s1. The Morgan fingerprint density at radius 1 is 1.17 bits per heavy atom. The van der Waals surface area contributed by atoms with Gasteiger partial charge in [-0.3, -0.25) is 9.00 Å². The number of amides is 1. The van der Waals surface area contributed by atoms with Crippen molar-refractivity contribution in [1.29, 1.82) is 0 Å². The monoisotopic (exact) mass is 349 g/mol. The van der Waals surface area contributed by atoms with Crippen molar-refractivity contribution in [3.05, 3.63) is 47.8 Å². The first-order valence-corrected chi connectivity index (χ1v) is 9.50. The molecule has 122 valence electrons. The molecule has 0 saturated carbocycles. The van der Waals surface area contributed by atoms with Crippen LogP contribution in [0.25, 0.3) is 0 Å². The number of benzene rings is 1. The van der Waals surface area contributed by atoms with E-state index in [0.717, 1.165) is 16.3 Å². The molecule has 1 amide bonds. The van der Waals surface area contributed by atoms with Gasteiger partial charge in [-0.2, -0.15) is 0 Å². The average molecular weight is 349 g/mol. The first-order valence-electron chi connectivity index (χ1n) is 7.20. The molecule has 0 fully saturated rings. The zero-order valence-electron chi connectivity index (χ0n) is 13.1. The maximum atomic E-state index is 12.0. The minimum absolute atomic E-state index is 0.108. The maximum Gasteiger partial charge on any atom is 0.230 e. The summed E-state index contributed by atoms with van der Waals surface area (Å²) >= 11 is 1.30. The molecule has 0 saturated heterocycles. The Bertz CT molecular complexity index is 673. The van der Waals surface area contributed by atoms with E-state index in [1.165, 1.54) is 11.8 Å². The van der Waals surface area contributed by atoms with Gasteiger partial charge in [0.25, 0.3) is 0 Å². The highest BCUT2D eigenvalue weighted by molar-refractivity contribution is 7.99. The molecule has 23 heavy (non-hydrogen) atoms. The van der Waals surface area contributed by atoms with Gasteiger partial charge in [0.15, 0.2) is 5.16 Å². The van der Waals surface area contributed by atoms with E-state index in [9.17, 15) is 9.00 Å². The highest BCUT2D eigenvalue weighted by Crippen LogP contribution is 2.13. The molecule has 1 heterocycles. The molecule has 1 aromatic heterocycles. The number of rotatable bonds is 7. The van der Waals surface area contributed by atoms with Crippen LogP contribution in [0.3, 0.4) is 0 Å². The van der Waals surface area contributed by atoms with E-state index in [0.29, 0.717) is 17.5 Å². The van der Waals surface area contributed by atoms with Crippen LogP contribution in [0.2, 0.25) is 0 Å². The third kappa shape index (κ3) is 6.11.